The maximum Gasteiger partial charge on any atom is 0.179 e. The van der Waals surface area contributed by atoms with Crippen LogP contribution in [0, 0.1) is 5.92 Å². The molecule has 0 fully saturated rings. The van der Waals surface area contributed by atoms with Crippen molar-refractivity contribution >= 4 is 0 Å². The van der Waals surface area contributed by atoms with Crippen LogP contribution in [0.5, 0.6) is 0 Å². The summed E-state index contributed by atoms with van der Waals surface area (Å²) in [6.45, 7) is 2.35. The Labute approximate surface area is 158 Å². The van der Waals surface area contributed by atoms with Gasteiger partial charge in [-0.05, 0) is 64.9 Å². The Morgan fingerprint density at radius 1 is 1.00 bits per heavy atom. The molecule has 5 rings (SSSR count). The van der Waals surface area contributed by atoms with E-state index in [0.29, 0.717) is 5.82 Å². The van der Waals surface area contributed by atoms with Crippen molar-refractivity contribution in [2.24, 2.45) is 5.92 Å². The van der Waals surface area contributed by atoms with Gasteiger partial charge in [0.15, 0.2) is 5.82 Å². The maximum atomic E-state index is 4.06. The number of nitrogens with one attached hydrogen (secondary N) is 1. The summed E-state index contributed by atoms with van der Waals surface area (Å²) in [6, 6.07) is 21.4. The molecule has 1 aliphatic carbocycles. The van der Waals surface area contributed by atoms with Crippen LogP contribution in [0.2, 0.25) is 0 Å². The van der Waals surface area contributed by atoms with Gasteiger partial charge in [-0.1, -0.05) is 49.4 Å². The van der Waals surface area contributed by atoms with Crippen molar-refractivity contribution in [2.45, 2.75) is 26.2 Å². The van der Waals surface area contributed by atoms with E-state index in [2.05, 4.69) is 86.7 Å². The fraction of sp³-hybridized carbons (Fsp3) is 0.227. The monoisotopic (exact) mass is 355 g/mol. The first-order valence-corrected chi connectivity index (χ1v) is 9.43. The second kappa shape index (κ2) is 6.50. The van der Waals surface area contributed by atoms with E-state index in [4.69, 9.17) is 0 Å². The minimum absolute atomic E-state index is 0.688. The number of nitrogens with zero attached hydrogens (tertiary/aromatic N) is 4. The number of tetrazole rings is 1. The van der Waals surface area contributed by atoms with Gasteiger partial charge in [0.1, 0.15) is 0 Å². The molecule has 0 amide bonds. The number of rotatable bonds is 3. The zero-order chi connectivity index (χ0) is 18.2. The molecule has 1 N–H and O–H groups in total. The molecule has 0 saturated carbocycles. The number of hydrogen-bond donors (Lipinski definition) is 1. The van der Waals surface area contributed by atoms with Crippen molar-refractivity contribution in [2.75, 3.05) is 0 Å². The van der Waals surface area contributed by atoms with Crippen LogP contribution in [0.4, 0.5) is 0 Å². The molecule has 1 aliphatic rings. The SMILES string of the molecule is CC1CCc2c(cc(-c3ccccc3)n2-c2cccc(-c3nnn[nH]3)c2)C1. The van der Waals surface area contributed by atoms with Gasteiger partial charge in [-0.3, -0.25) is 0 Å². The Bertz CT molecular complexity index is 1060. The van der Waals surface area contributed by atoms with E-state index in [1.54, 1.807) is 0 Å². The fourth-order valence-electron chi connectivity index (χ4n) is 4.10. The van der Waals surface area contributed by atoms with Crippen LogP contribution in [0.25, 0.3) is 28.3 Å². The average Bonchev–Trinajstić information content (AvgIpc) is 3.36. The molecule has 2 aromatic heterocycles. The molecule has 0 spiro atoms. The van der Waals surface area contributed by atoms with Gasteiger partial charge < -0.3 is 4.57 Å². The molecule has 134 valence electrons. The topological polar surface area (TPSA) is 59.4 Å². The zero-order valence-electron chi connectivity index (χ0n) is 15.3. The first-order valence-electron chi connectivity index (χ1n) is 9.43. The lowest BCUT2D eigenvalue weighted by Gasteiger charge is -2.21. The second-order valence-electron chi connectivity index (χ2n) is 7.35. The first kappa shape index (κ1) is 16.0. The largest absolute Gasteiger partial charge is 0.313 e. The fourth-order valence-corrected chi connectivity index (χ4v) is 4.10. The molecule has 0 aliphatic heterocycles. The third-order valence-electron chi connectivity index (χ3n) is 5.43. The minimum Gasteiger partial charge on any atom is -0.313 e. The van der Waals surface area contributed by atoms with Gasteiger partial charge in [-0.2, -0.15) is 0 Å². The number of benzene rings is 2. The maximum absolute atomic E-state index is 4.06. The predicted molar refractivity (Wildman–Crippen MR) is 106 cm³/mol. The van der Waals surface area contributed by atoms with Crippen LogP contribution in [0.1, 0.15) is 24.6 Å². The van der Waals surface area contributed by atoms with Crippen molar-refractivity contribution in [3.8, 4) is 28.3 Å². The zero-order valence-corrected chi connectivity index (χ0v) is 15.3. The predicted octanol–water partition coefficient (Wildman–Crippen LogP) is 4.45. The standard InChI is InChI=1S/C22H21N5/c1-15-10-11-20-18(12-15)14-21(16-6-3-2-4-7-16)27(20)19-9-5-8-17(13-19)22-23-25-26-24-22/h2-9,13-15H,10-12H2,1H3,(H,23,24,25,26). The molecule has 2 heterocycles. The van der Waals surface area contributed by atoms with Crippen LogP contribution in [-0.4, -0.2) is 25.2 Å². The molecule has 0 radical (unpaired) electrons. The Morgan fingerprint density at radius 2 is 1.85 bits per heavy atom. The lowest BCUT2D eigenvalue weighted by Crippen LogP contribution is -2.13. The quantitative estimate of drug-likeness (QED) is 0.591. The van der Waals surface area contributed by atoms with Crippen molar-refractivity contribution in [3.63, 3.8) is 0 Å². The number of hydrogen-bond acceptors (Lipinski definition) is 3. The molecule has 0 saturated heterocycles. The Morgan fingerprint density at radius 3 is 2.67 bits per heavy atom. The van der Waals surface area contributed by atoms with Gasteiger partial charge in [-0.15, -0.1) is 5.10 Å². The summed E-state index contributed by atoms with van der Waals surface area (Å²) in [5, 5.41) is 14.3. The van der Waals surface area contributed by atoms with Gasteiger partial charge in [-0.25, -0.2) is 5.10 Å². The summed E-state index contributed by atoms with van der Waals surface area (Å²) < 4.78 is 2.42. The van der Waals surface area contributed by atoms with Crippen molar-refractivity contribution in [3.05, 3.63) is 71.9 Å². The van der Waals surface area contributed by atoms with Gasteiger partial charge in [0.05, 0.1) is 5.69 Å². The molecule has 1 atom stereocenters. The van der Waals surface area contributed by atoms with Crippen LogP contribution >= 0.6 is 0 Å². The van der Waals surface area contributed by atoms with Gasteiger partial charge in [0, 0.05) is 16.9 Å². The molecule has 5 nitrogen and oxygen atoms in total. The van der Waals surface area contributed by atoms with E-state index < -0.39 is 0 Å². The molecule has 4 aromatic rings. The van der Waals surface area contributed by atoms with E-state index >= 15 is 0 Å². The van der Waals surface area contributed by atoms with Crippen LogP contribution in [-0.2, 0) is 12.8 Å². The Kier molecular flexibility index (Phi) is 3.85. The van der Waals surface area contributed by atoms with Gasteiger partial charge >= 0.3 is 0 Å². The highest BCUT2D eigenvalue weighted by Gasteiger charge is 2.23. The van der Waals surface area contributed by atoms with Crippen molar-refractivity contribution in [1.29, 1.82) is 0 Å². The van der Waals surface area contributed by atoms with Crippen LogP contribution in [0.15, 0.2) is 60.7 Å². The van der Waals surface area contributed by atoms with Crippen LogP contribution in [0.3, 0.4) is 0 Å². The summed E-state index contributed by atoms with van der Waals surface area (Å²) in [7, 11) is 0. The smallest absolute Gasteiger partial charge is 0.179 e. The number of H-pyrrole nitrogens is 1. The van der Waals surface area contributed by atoms with E-state index in [-0.39, 0.29) is 0 Å². The third kappa shape index (κ3) is 2.85. The van der Waals surface area contributed by atoms with Gasteiger partial charge in [0.2, 0.25) is 0 Å². The van der Waals surface area contributed by atoms with Gasteiger partial charge in [0.25, 0.3) is 0 Å². The van der Waals surface area contributed by atoms with E-state index in [0.717, 1.165) is 30.0 Å². The summed E-state index contributed by atoms with van der Waals surface area (Å²) in [5.74, 6) is 1.43. The molecule has 0 bridgehead atoms. The van der Waals surface area contributed by atoms with Crippen molar-refractivity contribution in [1.82, 2.24) is 25.2 Å². The highest BCUT2D eigenvalue weighted by Crippen LogP contribution is 2.36. The van der Waals surface area contributed by atoms with E-state index in [1.165, 1.54) is 28.9 Å². The minimum atomic E-state index is 0.688. The highest BCUT2D eigenvalue weighted by atomic mass is 15.5. The molecule has 1 unspecified atom stereocenters. The summed E-state index contributed by atoms with van der Waals surface area (Å²) in [4.78, 5) is 0. The lowest BCUT2D eigenvalue weighted by molar-refractivity contribution is 0.494. The van der Waals surface area contributed by atoms with E-state index in [1.807, 2.05) is 6.07 Å². The third-order valence-corrected chi connectivity index (χ3v) is 5.43. The van der Waals surface area contributed by atoms with Crippen molar-refractivity contribution < 1.29 is 0 Å². The number of fused-ring (bicyclic) bond motifs is 1. The normalized spacial score (nSPS) is 16.3. The highest BCUT2D eigenvalue weighted by molar-refractivity contribution is 5.68. The number of aromatic amines is 1. The molecule has 5 heteroatoms. The molecular formula is C22H21N5. The van der Waals surface area contributed by atoms with E-state index in [9.17, 15) is 0 Å². The van der Waals surface area contributed by atoms with Crippen LogP contribution < -0.4 is 0 Å². The first-order chi connectivity index (χ1) is 13.3. The lowest BCUT2D eigenvalue weighted by atomic mass is 9.89. The Balaban J connectivity index is 1.71. The number of aromatic nitrogens is 5. The molecular weight excluding hydrogens is 334 g/mol. The second-order valence-corrected chi connectivity index (χ2v) is 7.35. The summed E-state index contributed by atoms with van der Waals surface area (Å²) in [6.07, 6.45) is 3.49. The summed E-state index contributed by atoms with van der Waals surface area (Å²) in [5.41, 5.74) is 7.54. The Hall–Kier alpha value is -3.21. The molecule has 2 aromatic carbocycles. The summed E-state index contributed by atoms with van der Waals surface area (Å²) >= 11 is 0. The average molecular weight is 355 g/mol. The molecule has 27 heavy (non-hydrogen) atoms.